The van der Waals surface area contributed by atoms with Gasteiger partial charge in [-0.25, -0.2) is 9.37 Å². The molecule has 0 fully saturated rings. The van der Waals surface area contributed by atoms with E-state index in [-0.39, 0.29) is 38.2 Å². The van der Waals surface area contributed by atoms with Gasteiger partial charge in [-0.2, -0.15) is 4.98 Å². The molecular weight excluding hydrogens is 379 g/mol. The molecule has 1 aromatic heterocycles. The molecule has 1 heterocycles. The molecule has 0 aliphatic heterocycles. The van der Waals surface area contributed by atoms with Gasteiger partial charge in [0.15, 0.2) is 11.6 Å². The molecule has 4 N–H and O–H groups in total. The minimum atomic E-state index is -0.664. The fourth-order valence-electron chi connectivity index (χ4n) is 2.67. The van der Waals surface area contributed by atoms with Crippen LogP contribution in [0.3, 0.4) is 0 Å². The summed E-state index contributed by atoms with van der Waals surface area (Å²) >= 11 is 0. The van der Waals surface area contributed by atoms with E-state index in [1.165, 1.54) is 0 Å². The smallest absolute Gasteiger partial charge is 0.222 e. The summed E-state index contributed by atoms with van der Waals surface area (Å²) in [5, 5.41) is 18.0. The second-order valence-electron chi connectivity index (χ2n) is 5.87. The lowest BCUT2D eigenvalue weighted by Crippen LogP contribution is -2.15. The van der Waals surface area contributed by atoms with Gasteiger partial charge in [-0.1, -0.05) is 12.1 Å². The van der Waals surface area contributed by atoms with Crippen LogP contribution in [0.25, 0.3) is 0 Å². The van der Waals surface area contributed by atoms with Gasteiger partial charge in [0.1, 0.15) is 24.7 Å². The van der Waals surface area contributed by atoms with Gasteiger partial charge in [-0.3, -0.25) is 4.90 Å². The van der Waals surface area contributed by atoms with Crippen LogP contribution in [0.15, 0.2) is 54.7 Å². The van der Waals surface area contributed by atoms with Gasteiger partial charge in [0.05, 0.1) is 30.8 Å². The van der Waals surface area contributed by atoms with E-state index in [1.54, 1.807) is 53.4 Å². The molecule has 0 spiro atoms. The molecule has 0 unspecified atom stereocenters. The Balaban J connectivity index is 2.09. The molecule has 0 amide bonds. The number of aliphatic hydroxyl groups is 2. The molecule has 9 heteroatoms. The van der Waals surface area contributed by atoms with Gasteiger partial charge >= 0.3 is 0 Å². The van der Waals surface area contributed by atoms with Crippen molar-refractivity contribution in [2.75, 3.05) is 37.1 Å². The Morgan fingerprint density at radius 1 is 0.931 bits per heavy atom. The van der Waals surface area contributed by atoms with E-state index in [1.807, 2.05) is 0 Å². The van der Waals surface area contributed by atoms with Crippen LogP contribution < -0.4 is 20.1 Å². The first-order chi connectivity index (χ1) is 14.1. The molecule has 8 nitrogen and oxygen atoms in total. The molecule has 0 bridgehead atoms. The second-order valence-corrected chi connectivity index (χ2v) is 5.87. The summed E-state index contributed by atoms with van der Waals surface area (Å²) in [6.45, 7) is -0.00395. The number of nitrogen functional groups attached to an aromatic ring is 1. The summed E-state index contributed by atoms with van der Waals surface area (Å²) in [6, 6.07) is 13.8. The standard InChI is InChI=1S/C20H21FN4O4/c21-18-13-23-20(22)24-19(18)25(14-3-1-5-16(11-14)28-9-7-26)15-4-2-6-17(12-15)29-10-8-27/h1-6,11-13,26-27H,7-10H2,(H2,22,23,24). The maximum atomic E-state index is 14.6. The third kappa shape index (κ3) is 5.09. The zero-order valence-electron chi connectivity index (χ0n) is 15.5. The minimum absolute atomic E-state index is 0.0453. The summed E-state index contributed by atoms with van der Waals surface area (Å²) in [5.41, 5.74) is 6.80. The third-order valence-corrected chi connectivity index (χ3v) is 3.83. The molecule has 3 rings (SSSR count). The molecule has 0 aliphatic carbocycles. The van der Waals surface area contributed by atoms with Gasteiger partial charge < -0.3 is 25.4 Å². The van der Waals surface area contributed by atoms with E-state index in [2.05, 4.69) is 9.97 Å². The number of anilines is 4. The zero-order valence-corrected chi connectivity index (χ0v) is 15.5. The Bertz CT molecular complexity index is 906. The van der Waals surface area contributed by atoms with Crippen LogP contribution in [-0.2, 0) is 0 Å². The largest absolute Gasteiger partial charge is 0.491 e. The van der Waals surface area contributed by atoms with Gasteiger partial charge in [0.25, 0.3) is 0 Å². The van der Waals surface area contributed by atoms with E-state index in [9.17, 15) is 4.39 Å². The monoisotopic (exact) mass is 400 g/mol. The number of rotatable bonds is 9. The van der Waals surface area contributed by atoms with E-state index < -0.39 is 5.82 Å². The van der Waals surface area contributed by atoms with E-state index in [0.29, 0.717) is 22.9 Å². The Morgan fingerprint density at radius 3 is 2.00 bits per heavy atom. The predicted molar refractivity (Wildman–Crippen MR) is 106 cm³/mol. The lowest BCUT2D eigenvalue weighted by Gasteiger charge is -2.25. The topological polar surface area (TPSA) is 114 Å². The first-order valence-corrected chi connectivity index (χ1v) is 8.88. The molecule has 152 valence electrons. The number of hydrogen-bond acceptors (Lipinski definition) is 8. The average molecular weight is 400 g/mol. The Hall–Kier alpha value is -3.43. The highest BCUT2D eigenvalue weighted by molar-refractivity contribution is 5.76. The number of ether oxygens (including phenoxy) is 2. The molecular formula is C20H21FN4O4. The number of aliphatic hydroxyl groups excluding tert-OH is 2. The van der Waals surface area contributed by atoms with Crippen LogP contribution in [0.4, 0.5) is 27.5 Å². The normalized spacial score (nSPS) is 10.6. The molecule has 0 radical (unpaired) electrons. The van der Waals surface area contributed by atoms with Crippen LogP contribution in [0.2, 0.25) is 0 Å². The molecule has 0 saturated carbocycles. The third-order valence-electron chi connectivity index (χ3n) is 3.83. The molecule has 2 aromatic carbocycles. The molecule has 3 aromatic rings. The van der Waals surface area contributed by atoms with Crippen molar-refractivity contribution in [2.24, 2.45) is 0 Å². The summed E-state index contributed by atoms with van der Waals surface area (Å²) < 4.78 is 25.6. The van der Waals surface area contributed by atoms with Crippen LogP contribution in [0.1, 0.15) is 0 Å². The van der Waals surface area contributed by atoms with Gasteiger partial charge in [0, 0.05) is 12.1 Å². The van der Waals surface area contributed by atoms with E-state index in [0.717, 1.165) is 6.20 Å². The van der Waals surface area contributed by atoms with Gasteiger partial charge in [-0.05, 0) is 24.3 Å². The first-order valence-electron chi connectivity index (χ1n) is 8.88. The lowest BCUT2D eigenvalue weighted by molar-refractivity contribution is 0.201. The van der Waals surface area contributed by atoms with Crippen LogP contribution >= 0.6 is 0 Å². The fraction of sp³-hybridized carbons (Fsp3) is 0.200. The molecule has 0 saturated heterocycles. The van der Waals surface area contributed by atoms with Crippen molar-refractivity contribution in [2.45, 2.75) is 0 Å². The van der Waals surface area contributed by atoms with Crippen molar-refractivity contribution >= 4 is 23.1 Å². The quantitative estimate of drug-likeness (QED) is 0.502. The predicted octanol–water partition coefficient (Wildman–Crippen LogP) is 2.41. The average Bonchev–Trinajstić information content (AvgIpc) is 2.74. The Kier molecular flexibility index (Phi) is 6.77. The first kappa shape index (κ1) is 20.3. The number of nitrogens with two attached hydrogens (primary N) is 1. The van der Waals surface area contributed by atoms with Crippen molar-refractivity contribution in [3.05, 3.63) is 60.5 Å². The van der Waals surface area contributed by atoms with E-state index >= 15 is 0 Å². The van der Waals surface area contributed by atoms with Gasteiger partial charge in [0.2, 0.25) is 5.95 Å². The Morgan fingerprint density at radius 2 is 1.48 bits per heavy atom. The van der Waals surface area contributed by atoms with Gasteiger partial charge in [-0.15, -0.1) is 0 Å². The molecule has 0 aliphatic rings. The number of nitrogens with zero attached hydrogens (tertiary/aromatic N) is 3. The summed E-state index contributed by atoms with van der Waals surface area (Å²) in [5.74, 6) is 0.207. The molecule has 0 atom stereocenters. The second kappa shape index (κ2) is 9.67. The Labute approximate surface area is 167 Å². The summed E-state index contributed by atoms with van der Waals surface area (Å²) in [4.78, 5) is 9.30. The number of hydrogen-bond donors (Lipinski definition) is 3. The van der Waals surface area contributed by atoms with Crippen molar-refractivity contribution in [1.29, 1.82) is 0 Å². The summed E-state index contributed by atoms with van der Waals surface area (Å²) in [6.07, 6.45) is 1.00. The highest BCUT2D eigenvalue weighted by Gasteiger charge is 2.20. The highest BCUT2D eigenvalue weighted by atomic mass is 19.1. The fourth-order valence-corrected chi connectivity index (χ4v) is 2.67. The maximum Gasteiger partial charge on any atom is 0.222 e. The molecule has 29 heavy (non-hydrogen) atoms. The van der Waals surface area contributed by atoms with Crippen LogP contribution in [0.5, 0.6) is 11.5 Å². The highest BCUT2D eigenvalue weighted by Crippen LogP contribution is 2.37. The van der Waals surface area contributed by atoms with Crippen LogP contribution in [0, 0.1) is 5.82 Å². The van der Waals surface area contributed by atoms with Crippen molar-refractivity contribution in [1.82, 2.24) is 9.97 Å². The number of aromatic nitrogens is 2. The number of benzene rings is 2. The SMILES string of the molecule is Nc1ncc(F)c(N(c2cccc(OCCO)c2)c2cccc(OCCO)c2)n1. The van der Waals surface area contributed by atoms with Crippen LogP contribution in [-0.4, -0.2) is 46.6 Å². The summed E-state index contributed by atoms with van der Waals surface area (Å²) in [7, 11) is 0. The lowest BCUT2D eigenvalue weighted by atomic mass is 10.2. The van der Waals surface area contributed by atoms with Crippen molar-refractivity contribution < 1.29 is 24.1 Å². The van der Waals surface area contributed by atoms with E-state index in [4.69, 9.17) is 25.4 Å². The zero-order chi connectivity index (χ0) is 20.6. The minimum Gasteiger partial charge on any atom is -0.491 e. The van der Waals surface area contributed by atoms with Crippen molar-refractivity contribution in [3.63, 3.8) is 0 Å². The maximum absolute atomic E-state index is 14.6. The number of halogens is 1. The van der Waals surface area contributed by atoms with Crippen molar-refractivity contribution in [3.8, 4) is 11.5 Å².